The number of likely N-dealkylation sites (N-methyl/N-ethyl adjacent to an activating group) is 1. The largest absolute Gasteiger partial charge is 0.350 e. The van der Waals surface area contributed by atoms with Crippen molar-refractivity contribution in [3.63, 3.8) is 0 Å². The topological polar surface area (TPSA) is 54.0 Å². The minimum atomic E-state index is -0.0666. The molecule has 2 N–H and O–H groups in total. The Morgan fingerprint density at radius 3 is 2.48 bits per heavy atom. The zero-order valence-corrected chi connectivity index (χ0v) is 16.1. The molecular weight excluding hydrogens is 377 g/mol. The lowest BCUT2D eigenvalue weighted by atomic mass is 10.2. The van der Waals surface area contributed by atoms with Gasteiger partial charge in [-0.15, -0.1) is 36.2 Å². The minimum absolute atomic E-state index is 0. The van der Waals surface area contributed by atoms with E-state index >= 15 is 0 Å². The summed E-state index contributed by atoms with van der Waals surface area (Å²) in [6.45, 7) is 6.17. The first-order chi connectivity index (χ1) is 10.1. The van der Waals surface area contributed by atoms with Crippen molar-refractivity contribution >= 4 is 53.7 Å². The quantitative estimate of drug-likeness (QED) is 0.727. The van der Waals surface area contributed by atoms with Crippen molar-refractivity contribution in [2.75, 3.05) is 19.6 Å². The summed E-state index contributed by atoms with van der Waals surface area (Å²) in [7, 11) is 0. The van der Waals surface area contributed by atoms with Crippen molar-refractivity contribution in [2.45, 2.75) is 13.8 Å². The highest BCUT2D eigenvalue weighted by Gasteiger charge is 2.15. The summed E-state index contributed by atoms with van der Waals surface area (Å²) in [6.07, 6.45) is 0. The predicted octanol–water partition coefficient (Wildman–Crippen LogP) is 3.95. The third-order valence-corrected chi connectivity index (χ3v) is 4.39. The van der Waals surface area contributed by atoms with E-state index in [2.05, 4.69) is 15.6 Å². The van der Waals surface area contributed by atoms with Crippen LogP contribution in [0.3, 0.4) is 0 Å². The van der Waals surface area contributed by atoms with E-state index in [-0.39, 0.29) is 30.7 Å². The first-order valence-corrected chi connectivity index (χ1v) is 8.03. The number of halogens is 3. The number of amides is 1. The maximum absolute atomic E-state index is 12.1. The van der Waals surface area contributed by atoms with Crippen LogP contribution in [0.1, 0.15) is 22.3 Å². The van der Waals surface area contributed by atoms with Gasteiger partial charge >= 0.3 is 0 Å². The summed E-state index contributed by atoms with van der Waals surface area (Å²) in [5, 5.41) is 7.59. The van der Waals surface area contributed by atoms with Crippen LogP contribution in [-0.4, -0.2) is 30.5 Å². The number of hydrogen-bond acceptors (Lipinski definition) is 4. The number of aryl methyl sites for hydroxylation is 1. The number of benzene rings is 1. The molecule has 2 aromatic rings. The van der Waals surface area contributed by atoms with Crippen molar-refractivity contribution in [3.8, 4) is 10.6 Å². The van der Waals surface area contributed by atoms with E-state index in [0.29, 0.717) is 16.4 Å². The van der Waals surface area contributed by atoms with Crippen LogP contribution in [0.2, 0.25) is 5.02 Å². The Balaban J connectivity index is 0.00000242. The van der Waals surface area contributed by atoms with E-state index in [1.54, 1.807) is 0 Å². The summed E-state index contributed by atoms with van der Waals surface area (Å²) >= 11 is 7.29. The smallest absolute Gasteiger partial charge is 0.263 e. The molecular formula is C15H20Cl3N3OS. The summed E-state index contributed by atoms with van der Waals surface area (Å²) < 4.78 is 0. The summed E-state index contributed by atoms with van der Waals surface area (Å²) in [5.74, 6) is -0.0666. The van der Waals surface area contributed by atoms with Crippen LogP contribution < -0.4 is 10.6 Å². The van der Waals surface area contributed by atoms with Crippen LogP contribution in [0.5, 0.6) is 0 Å². The Kier molecular flexibility index (Phi) is 10.4. The van der Waals surface area contributed by atoms with E-state index in [0.717, 1.165) is 29.4 Å². The Bertz CT molecular complexity index is 617. The second-order valence-corrected chi connectivity index (χ2v) is 5.99. The zero-order chi connectivity index (χ0) is 15.2. The highest BCUT2D eigenvalue weighted by atomic mass is 35.5. The number of nitrogens with zero attached hydrogens (tertiary/aromatic N) is 1. The van der Waals surface area contributed by atoms with Gasteiger partial charge in [0.1, 0.15) is 9.88 Å². The SMILES string of the molecule is CCNCCNC(=O)c1sc(-c2ccc(Cl)cc2)nc1C.Cl.Cl. The van der Waals surface area contributed by atoms with Crippen LogP contribution in [-0.2, 0) is 0 Å². The Labute approximate surface area is 157 Å². The van der Waals surface area contributed by atoms with Crippen molar-refractivity contribution in [1.29, 1.82) is 0 Å². The first-order valence-electron chi connectivity index (χ1n) is 6.84. The normalized spacial score (nSPS) is 9.70. The van der Waals surface area contributed by atoms with Gasteiger partial charge in [-0.3, -0.25) is 4.79 Å². The van der Waals surface area contributed by atoms with Gasteiger partial charge < -0.3 is 10.6 Å². The minimum Gasteiger partial charge on any atom is -0.350 e. The molecule has 1 amide bonds. The van der Waals surface area contributed by atoms with Crippen LogP contribution >= 0.6 is 47.8 Å². The number of thiazole rings is 1. The van der Waals surface area contributed by atoms with Gasteiger partial charge in [-0.1, -0.05) is 30.7 Å². The monoisotopic (exact) mass is 395 g/mol. The lowest BCUT2D eigenvalue weighted by molar-refractivity contribution is 0.0957. The molecule has 8 heteroatoms. The summed E-state index contributed by atoms with van der Waals surface area (Å²) in [4.78, 5) is 17.3. The van der Waals surface area contributed by atoms with Crippen LogP contribution in [0.15, 0.2) is 24.3 Å². The number of hydrogen-bond donors (Lipinski definition) is 2. The molecule has 2 rings (SSSR count). The standard InChI is InChI=1S/C15H18ClN3OS.2ClH/c1-3-17-8-9-18-14(20)13-10(2)19-15(21-13)11-4-6-12(16)7-5-11;;/h4-7,17H,3,8-9H2,1-2H3,(H,18,20);2*1H. The molecule has 23 heavy (non-hydrogen) atoms. The van der Waals surface area contributed by atoms with Gasteiger partial charge in [0.2, 0.25) is 0 Å². The zero-order valence-electron chi connectivity index (χ0n) is 12.9. The average molecular weight is 397 g/mol. The lowest BCUT2D eigenvalue weighted by Gasteiger charge is -2.03. The third kappa shape index (κ3) is 6.28. The van der Waals surface area contributed by atoms with Crippen molar-refractivity contribution in [2.24, 2.45) is 0 Å². The molecule has 0 unspecified atom stereocenters. The molecule has 0 aliphatic heterocycles. The Morgan fingerprint density at radius 2 is 1.87 bits per heavy atom. The number of nitrogens with one attached hydrogen (secondary N) is 2. The number of carbonyl (C=O) groups is 1. The number of rotatable bonds is 6. The fraction of sp³-hybridized carbons (Fsp3) is 0.333. The van der Waals surface area contributed by atoms with Gasteiger partial charge in [-0.05, 0) is 25.6 Å². The maximum Gasteiger partial charge on any atom is 0.263 e. The maximum atomic E-state index is 12.1. The van der Waals surface area contributed by atoms with Gasteiger partial charge in [-0.25, -0.2) is 4.98 Å². The summed E-state index contributed by atoms with van der Waals surface area (Å²) in [5.41, 5.74) is 1.73. The molecule has 1 heterocycles. The molecule has 128 valence electrons. The molecule has 0 saturated carbocycles. The van der Waals surface area contributed by atoms with E-state index in [1.807, 2.05) is 38.1 Å². The van der Waals surface area contributed by atoms with E-state index in [1.165, 1.54) is 11.3 Å². The highest BCUT2D eigenvalue weighted by molar-refractivity contribution is 7.17. The second-order valence-electron chi connectivity index (χ2n) is 4.55. The molecule has 0 aliphatic rings. The predicted molar refractivity (Wildman–Crippen MR) is 103 cm³/mol. The Hall–Kier alpha value is -0.850. The third-order valence-electron chi connectivity index (χ3n) is 2.93. The first kappa shape index (κ1) is 22.1. The highest BCUT2D eigenvalue weighted by Crippen LogP contribution is 2.28. The molecule has 0 spiro atoms. The van der Waals surface area contributed by atoms with Crippen LogP contribution in [0.4, 0.5) is 0 Å². The molecule has 1 aromatic heterocycles. The fourth-order valence-corrected chi connectivity index (χ4v) is 2.96. The van der Waals surface area contributed by atoms with E-state index in [4.69, 9.17) is 11.6 Å². The van der Waals surface area contributed by atoms with E-state index in [9.17, 15) is 4.79 Å². The number of aromatic nitrogens is 1. The molecule has 4 nitrogen and oxygen atoms in total. The molecule has 0 aliphatic carbocycles. The average Bonchev–Trinajstić information content (AvgIpc) is 2.86. The van der Waals surface area contributed by atoms with Crippen LogP contribution in [0, 0.1) is 6.92 Å². The molecule has 0 bridgehead atoms. The van der Waals surface area contributed by atoms with Gasteiger partial charge in [0.25, 0.3) is 5.91 Å². The molecule has 0 saturated heterocycles. The summed E-state index contributed by atoms with van der Waals surface area (Å²) in [6, 6.07) is 7.47. The molecule has 1 aromatic carbocycles. The van der Waals surface area contributed by atoms with Gasteiger partial charge in [0.15, 0.2) is 0 Å². The molecule has 0 radical (unpaired) electrons. The van der Waals surface area contributed by atoms with Crippen molar-refractivity contribution < 1.29 is 4.79 Å². The number of carbonyl (C=O) groups excluding carboxylic acids is 1. The van der Waals surface area contributed by atoms with Crippen molar-refractivity contribution in [3.05, 3.63) is 39.9 Å². The Morgan fingerprint density at radius 1 is 1.22 bits per heavy atom. The van der Waals surface area contributed by atoms with Crippen LogP contribution in [0.25, 0.3) is 10.6 Å². The lowest BCUT2D eigenvalue weighted by Crippen LogP contribution is -2.31. The fourth-order valence-electron chi connectivity index (χ4n) is 1.84. The molecule has 0 atom stereocenters. The van der Waals surface area contributed by atoms with Gasteiger partial charge in [-0.2, -0.15) is 0 Å². The molecule has 0 fully saturated rings. The second kappa shape index (κ2) is 10.8. The van der Waals surface area contributed by atoms with Gasteiger partial charge in [0.05, 0.1) is 5.69 Å². The van der Waals surface area contributed by atoms with E-state index < -0.39 is 0 Å². The van der Waals surface area contributed by atoms with Gasteiger partial charge in [0, 0.05) is 23.7 Å². The van der Waals surface area contributed by atoms with Crippen molar-refractivity contribution in [1.82, 2.24) is 15.6 Å².